The molecule has 3 atom stereocenters. The smallest absolute Gasteiger partial charge is 0.324 e. The van der Waals surface area contributed by atoms with Gasteiger partial charge in [-0.3, -0.25) is 23.7 Å². The fraction of sp³-hybridized carbons (Fsp3) is 0.172. The van der Waals surface area contributed by atoms with Crippen LogP contribution in [0.25, 0.3) is 0 Å². The van der Waals surface area contributed by atoms with Crippen LogP contribution in [0.1, 0.15) is 21.9 Å². The van der Waals surface area contributed by atoms with Crippen molar-refractivity contribution in [2.75, 3.05) is 10.2 Å². The Morgan fingerprint density at radius 2 is 1.63 bits per heavy atom. The molecule has 3 heterocycles. The summed E-state index contributed by atoms with van der Waals surface area (Å²) in [5.74, 6) is -3.31. The molecule has 1 N–H and O–H groups in total. The normalized spacial score (nSPS) is 19.7. The third kappa shape index (κ3) is 5.43. The van der Waals surface area contributed by atoms with Crippen molar-refractivity contribution in [1.82, 2.24) is 4.57 Å². The van der Waals surface area contributed by atoms with Gasteiger partial charge in [-0.2, -0.15) is 13.2 Å². The standard InChI is InChI=1S/C29H18BrClF3N3O4S2/c30-15-7-11-17(12-8-15)37-25(39)22-21(14-5-9-16(31)10-6-14)24-27(42-23(22)26(37)40)36(28(41)43-24)13-20(38)35-19-4-2-1-3-18(19)29(32,33)34/h1-12,21-23H,13H2,(H,35,38)/t21-,22-,23+/m0/s1. The van der Waals surface area contributed by atoms with E-state index in [0.717, 1.165) is 49.2 Å². The Kier molecular flexibility index (Phi) is 7.78. The first-order chi connectivity index (χ1) is 20.4. The lowest BCUT2D eigenvalue weighted by Gasteiger charge is -2.30. The SMILES string of the molecule is O=C(Cn1c2c(sc1=O)[C@@H](c1ccc(Cl)cc1)[C@@H]1C(=O)N(c3ccc(Br)cc3)C(=O)[C@@H]1S2)Nc1ccccc1C(F)(F)F. The number of thiazole rings is 1. The maximum absolute atomic E-state index is 13.9. The Hall–Kier alpha value is -3.39. The minimum absolute atomic E-state index is 0.314. The number of carbonyl (C=O) groups is 3. The third-order valence-corrected chi connectivity index (χ3v) is 10.6. The van der Waals surface area contributed by atoms with Gasteiger partial charge >= 0.3 is 11.0 Å². The number of aromatic nitrogens is 1. The molecule has 0 radical (unpaired) electrons. The number of alkyl halides is 3. The summed E-state index contributed by atoms with van der Waals surface area (Å²) in [6.07, 6.45) is -4.70. The molecule has 0 unspecified atom stereocenters. The highest BCUT2D eigenvalue weighted by molar-refractivity contribution is 9.10. The van der Waals surface area contributed by atoms with Crippen molar-refractivity contribution in [3.63, 3.8) is 0 Å². The molecule has 4 aromatic rings. The number of fused-ring (bicyclic) bond motifs is 2. The molecule has 3 amide bonds. The van der Waals surface area contributed by atoms with Gasteiger partial charge in [0.15, 0.2) is 0 Å². The Morgan fingerprint density at radius 3 is 2.30 bits per heavy atom. The molecular formula is C29H18BrClF3N3O4S2. The fourth-order valence-corrected chi connectivity index (χ4v) is 8.47. The van der Waals surface area contributed by atoms with Gasteiger partial charge in [-0.15, -0.1) is 0 Å². The van der Waals surface area contributed by atoms with Crippen molar-refractivity contribution in [2.24, 2.45) is 5.92 Å². The van der Waals surface area contributed by atoms with Gasteiger partial charge in [0.05, 0.1) is 27.9 Å². The highest BCUT2D eigenvalue weighted by Gasteiger charge is 2.56. The van der Waals surface area contributed by atoms with Gasteiger partial charge in [0.2, 0.25) is 17.7 Å². The number of imide groups is 1. The van der Waals surface area contributed by atoms with Crippen LogP contribution in [0.3, 0.4) is 0 Å². The number of thioether (sulfide) groups is 1. The summed E-state index contributed by atoms with van der Waals surface area (Å²) in [6, 6.07) is 18.0. The number of para-hydroxylation sites is 1. The molecule has 220 valence electrons. The second-order valence-corrected chi connectivity index (χ2v) is 13.3. The Labute approximate surface area is 263 Å². The van der Waals surface area contributed by atoms with Gasteiger partial charge in [0, 0.05) is 20.3 Å². The molecule has 1 aromatic heterocycles. The highest BCUT2D eigenvalue weighted by Crippen LogP contribution is 2.54. The number of nitrogens with zero attached hydrogens (tertiary/aromatic N) is 2. The first-order valence-electron chi connectivity index (χ1n) is 12.7. The van der Waals surface area contributed by atoms with Crippen LogP contribution in [0.15, 0.2) is 87.1 Å². The van der Waals surface area contributed by atoms with Gasteiger partial charge in [-0.25, -0.2) is 4.90 Å². The number of rotatable bonds is 5. The summed E-state index contributed by atoms with van der Waals surface area (Å²) < 4.78 is 42.4. The molecule has 0 bridgehead atoms. The van der Waals surface area contributed by atoms with E-state index in [1.165, 1.54) is 12.1 Å². The van der Waals surface area contributed by atoms with Gasteiger partial charge in [0.25, 0.3) is 0 Å². The number of amides is 3. The van der Waals surface area contributed by atoms with E-state index in [1.807, 2.05) is 0 Å². The maximum Gasteiger partial charge on any atom is 0.418 e. The van der Waals surface area contributed by atoms with Crippen LogP contribution in [0, 0.1) is 5.92 Å². The van der Waals surface area contributed by atoms with Crippen molar-refractivity contribution in [1.29, 1.82) is 0 Å². The van der Waals surface area contributed by atoms with E-state index in [2.05, 4.69) is 21.2 Å². The van der Waals surface area contributed by atoms with Gasteiger partial charge < -0.3 is 5.32 Å². The van der Waals surface area contributed by atoms with Gasteiger partial charge in [-0.1, -0.05) is 74.9 Å². The molecular weight excluding hydrogens is 691 g/mol. The molecule has 0 spiro atoms. The van der Waals surface area contributed by atoms with Gasteiger partial charge in [-0.05, 0) is 54.1 Å². The quantitative estimate of drug-likeness (QED) is 0.231. The molecule has 2 aliphatic heterocycles. The third-order valence-electron chi connectivity index (χ3n) is 7.17. The summed E-state index contributed by atoms with van der Waals surface area (Å²) >= 11 is 11.3. The molecule has 6 rings (SSSR count). The first-order valence-corrected chi connectivity index (χ1v) is 15.6. The van der Waals surface area contributed by atoms with Crippen molar-refractivity contribution in [2.45, 2.75) is 28.9 Å². The molecule has 0 saturated carbocycles. The van der Waals surface area contributed by atoms with Crippen molar-refractivity contribution >= 4 is 79.7 Å². The van der Waals surface area contributed by atoms with Crippen LogP contribution in [-0.2, 0) is 27.1 Å². The lowest BCUT2D eigenvalue weighted by atomic mass is 9.83. The number of carbonyl (C=O) groups excluding carboxylic acids is 3. The number of hydrogen-bond donors (Lipinski definition) is 1. The average molecular weight is 709 g/mol. The molecule has 7 nitrogen and oxygen atoms in total. The highest BCUT2D eigenvalue weighted by atomic mass is 79.9. The zero-order valence-electron chi connectivity index (χ0n) is 21.6. The molecule has 1 fully saturated rings. The predicted molar refractivity (Wildman–Crippen MR) is 162 cm³/mol. The summed E-state index contributed by atoms with van der Waals surface area (Å²) in [5, 5.41) is 2.11. The van der Waals surface area contributed by atoms with E-state index >= 15 is 0 Å². The first kappa shape index (κ1) is 29.7. The van der Waals surface area contributed by atoms with E-state index < -0.39 is 63.7 Å². The minimum atomic E-state index is -4.70. The molecule has 3 aromatic carbocycles. The molecule has 14 heteroatoms. The van der Waals surface area contributed by atoms with E-state index in [9.17, 15) is 32.3 Å². The van der Waals surface area contributed by atoms with Crippen LogP contribution in [-0.4, -0.2) is 27.5 Å². The Balaban J connectivity index is 1.39. The zero-order chi connectivity index (χ0) is 30.6. The number of benzene rings is 3. The number of nitrogens with one attached hydrogen (secondary N) is 1. The van der Waals surface area contributed by atoms with Crippen LogP contribution in [0.5, 0.6) is 0 Å². The maximum atomic E-state index is 13.9. The molecule has 2 aliphatic rings. The molecule has 43 heavy (non-hydrogen) atoms. The minimum Gasteiger partial charge on any atom is -0.324 e. The summed E-state index contributed by atoms with van der Waals surface area (Å²) in [7, 11) is 0. The number of anilines is 2. The second kappa shape index (κ2) is 11.3. The average Bonchev–Trinajstić information content (AvgIpc) is 3.40. The van der Waals surface area contributed by atoms with Gasteiger partial charge in [0.1, 0.15) is 11.8 Å². The largest absolute Gasteiger partial charge is 0.418 e. The molecule has 0 aliphatic carbocycles. The van der Waals surface area contributed by atoms with E-state index in [0.29, 0.717) is 26.2 Å². The molecule has 1 saturated heterocycles. The fourth-order valence-electron chi connectivity index (χ4n) is 5.30. The zero-order valence-corrected chi connectivity index (χ0v) is 25.6. The summed E-state index contributed by atoms with van der Waals surface area (Å²) in [4.78, 5) is 55.0. The number of halogens is 5. The van der Waals surface area contributed by atoms with Crippen molar-refractivity contribution in [3.8, 4) is 0 Å². The summed E-state index contributed by atoms with van der Waals surface area (Å²) in [6.45, 7) is -0.590. The summed E-state index contributed by atoms with van der Waals surface area (Å²) in [5.41, 5.74) is -0.417. The Morgan fingerprint density at radius 1 is 0.953 bits per heavy atom. The van der Waals surface area contributed by atoms with Crippen LogP contribution >= 0.6 is 50.6 Å². The van der Waals surface area contributed by atoms with E-state index in [4.69, 9.17) is 11.6 Å². The van der Waals surface area contributed by atoms with Crippen LogP contribution in [0.2, 0.25) is 5.02 Å². The number of hydrogen-bond acceptors (Lipinski definition) is 6. The van der Waals surface area contributed by atoms with E-state index in [-0.39, 0.29) is 0 Å². The van der Waals surface area contributed by atoms with Crippen LogP contribution < -0.4 is 15.1 Å². The topological polar surface area (TPSA) is 88.5 Å². The van der Waals surface area contributed by atoms with Crippen molar-refractivity contribution in [3.05, 3.63) is 108 Å². The lowest BCUT2D eigenvalue weighted by Crippen LogP contribution is -2.33. The van der Waals surface area contributed by atoms with Crippen molar-refractivity contribution < 1.29 is 27.6 Å². The predicted octanol–water partition coefficient (Wildman–Crippen LogP) is 6.78. The lowest BCUT2D eigenvalue weighted by molar-refractivity contribution is -0.137. The van der Waals surface area contributed by atoms with Crippen LogP contribution in [0.4, 0.5) is 24.5 Å². The monoisotopic (exact) mass is 707 g/mol. The Bertz CT molecular complexity index is 1830. The second-order valence-electron chi connectivity index (χ2n) is 9.80. The van der Waals surface area contributed by atoms with E-state index in [1.54, 1.807) is 48.5 Å².